The van der Waals surface area contributed by atoms with Crippen LogP contribution in [0.4, 0.5) is 0 Å². The van der Waals surface area contributed by atoms with Gasteiger partial charge in [0, 0.05) is 5.54 Å². The van der Waals surface area contributed by atoms with Gasteiger partial charge in [0.15, 0.2) is 0 Å². The summed E-state index contributed by atoms with van der Waals surface area (Å²) in [5, 5.41) is 8.39. The molecule has 1 heterocycles. The van der Waals surface area contributed by atoms with Crippen LogP contribution in [0.1, 0.15) is 57.6 Å². The van der Waals surface area contributed by atoms with Crippen molar-refractivity contribution in [1.82, 2.24) is 10.2 Å². The molecule has 114 valence electrons. The Morgan fingerprint density at radius 2 is 2.10 bits per heavy atom. The molecule has 0 bridgehead atoms. The summed E-state index contributed by atoms with van der Waals surface area (Å²) in [5.74, 6) is 0.886. The van der Waals surface area contributed by atoms with E-state index in [1.807, 2.05) is 11.3 Å². The highest BCUT2D eigenvalue weighted by Crippen LogP contribution is 2.44. The normalized spacial score (nSPS) is 28.8. The van der Waals surface area contributed by atoms with Gasteiger partial charge in [-0.15, -0.1) is 0 Å². The predicted molar refractivity (Wildman–Crippen MR) is 89.4 cm³/mol. The smallest absolute Gasteiger partial charge is 0.0515 e. The van der Waals surface area contributed by atoms with Crippen LogP contribution in [0.5, 0.6) is 0 Å². The number of nitrogens with zero attached hydrogens (tertiary/aromatic N) is 1. The zero-order valence-corrected chi connectivity index (χ0v) is 14.3. The van der Waals surface area contributed by atoms with Crippen LogP contribution in [-0.2, 0) is 0 Å². The summed E-state index contributed by atoms with van der Waals surface area (Å²) in [4.78, 5) is 2.49. The third-order valence-electron chi connectivity index (χ3n) is 5.04. The van der Waals surface area contributed by atoms with Gasteiger partial charge in [-0.05, 0) is 81.1 Å². The molecule has 1 aliphatic rings. The molecule has 1 aliphatic carbocycles. The van der Waals surface area contributed by atoms with Crippen molar-refractivity contribution < 1.29 is 0 Å². The molecule has 3 heteroatoms. The van der Waals surface area contributed by atoms with Crippen LogP contribution in [-0.4, -0.2) is 31.1 Å². The molecule has 1 unspecified atom stereocenters. The molecule has 1 N–H and O–H groups in total. The molecule has 0 amide bonds. The molecule has 1 fully saturated rings. The van der Waals surface area contributed by atoms with E-state index in [1.165, 1.54) is 37.7 Å². The molecule has 0 spiro atoms. The Labute approximate surface area is 128 Å². The fraction of sp³-hybridized carbons (Fsp3) is 0.765. The highest BCUT2D eigenvalue weighted by atomic mass is 32.1. The minimum absolute atomic E-state index is 0.281. The molecule has 0 saturated heterocycles. The van der Waals surface area contributed by atoms with Crippen LogP contribution < -0.4 is 5.32 Å². The van der Waals surface area contributed by atoms with E-state index in [2.05, 4.69) is 55.0 Å². The van der Waals surface area contributed by atoms with Crippen molar-refractivity contribution in [1.29, 1.82) is 0 Å². The molecule has 20 heavy (non-hydrogen) atoms. The minimum Gasteiger partial charge on any atom is -0.308 e. The van der Waals surface area contributed by atoms with Crippen molar-refractivity contribution in [2.24, 2.45) is 5.92 Å². The second kappa shape index (κ2) is 7.06. The van der Waals surface area contributed by atoms with Crippen LogP contribution >= 0.6 is 11.3 Å². The lowest BCUT2D eigenvalue weighted by Gasteiger charge is -2.50. The van der Waals surface area contributed by atoms with Crippen molar-refractivity contribution in [2.75, 3.05) is 20.6 Å². The first-order valence-electron chi connectivity index (χ1n) is 8.03. The summed E-state index contributed by atoms with van der Waals surface area (Å²) < 4.78 is 0. The Hall–Kier alpha value is -0.380. The molecule has 0 aliphatic heterocycles. The van der Waals surface area contributed by atoms with E-state index in [9.17, 15) is 0 Å². The monoisotopic (exact) mass is 294 g/mol. The summed E-state index contributed by atoms with van der Waals surface area (Å²) in [6, 6.07) is 2.78. The van der Waals surface area contributed by atoms with E-state index in [1.54, 1.807) is 0 Å². The molecule has 2 rings (SSSR count). The van der Waals surface area contributed by atoms with Gasteiger partial charge in [-0.3, -0.25) is 0 Å². The average molecular weight is 295 g/mol. The van der Waals surface area contributed by atoms with Crippen LogP contribution in [0.25, 0.3) is 0 Å². The van der Waals surface area contributed by atoms with Gasteiger partial charge in [0.05, 0.1) is 6.04 Å². The molecule has 1 atom stereocenters. The maximum absolute atomic E-state index is 3.84. The second-order valence-electron chi connectivity index (χ2n) is 6.62. The molecule has 1 saturated carbocycles. The maximum atomic E-state index is 3.84. The Bertz CT molecular complexity index is 378. The lowest BCUT2D eigenvalue weighted by molar-refractivity contribution is 0.0430. The summed E-state index contributed by atoms with van der Waals surface area (Å²) in [6.07, 6.45) is 6.51. The maximum Gasteiger partial charge on any atom is 0.0515 e. The van der Waals surface area contributed by atoms with Gasteiger partial charge in [-0.25, -0.2) is 0 Å². The topological polar surface area (TPSA) is 15.3 Å². The molecule has 0 aromatic carbocycles. The van der Waals surface area contributed by atoms with Gasteiger partial charge >= 0.3 is 0 Å². The van der Waals surface area contributed by atoms with Gasteiger partial charge in [0.2, 0.25) is 0 Å². The zero-order chi connectivity index (χ0) is 14.6. The highest BCUT2D eigenvalue weighted by molar-refractivity contribution is 7.07. The van der Waals surface area contributed by atoms with E-state index < -0.39 is 0 Å². The number of thiophene rings is 1. The van der Waals surface area contributed by atoms with Gasteiger partial charge in [-0.2, -0.15) is 11.3 Å². The van der Waals surface area contributed by atoms with Gasteiger partial charge in [-0.1, -0.05) is 13.8 Å². The molecular weight excluding hydrogens is 264 g/mol. The quantitative estimate of drug-likeness (QED) is 0.841. The Kier molecular flexibility index (Phi) is 5.65. The zero-order valence-electron chi connectivity index (χ0n) is 13.5. The third kappa shape index (κ3) is 3.26. The number of likely N-dealkylation sites (N-methyl/N-ethyl adjacent to an activating group) is 1. The molecule has 1 aromatic heterocycles. The number of rotatable bonds is 6. The van der Waals surface area contributed by atoms with E-state index in [0.29, 0.717) is 6.04 Å². The van der Waals surface area contributed by atoms with Crippen molar-refractivity contribution >= 4 is 11.3 Å². The Morgan fingerprint density at radius 1 is 1.40 bits per heavy atom. The largest absolute Gasteiger partial charge is 0.308 e. The van der Waals surface area contributed by atoms with Gasteiger partial charge in [0.1, 0.15) is 0 Å². The number of hydrogen-bond donors (Lipinski definition) is 1. The Morgan fingerprint density at radius 3 is 2.60 bits per heavy atom. The van der Waals surface area contributed by atoms with Crippen molar-refractivity contribution in [3.63, 3.8) is 0 Å². The summed E-state index contributed by atoms with van der Waals surface area (Å²) in [6.45, 7) is 5.76. The summed E-state index contributed by atoms with van der Waals surface area (Å²) in [5.41, 5.74) is 1.76. The van der Waals surface area contributed by atoms with Crippen LogP contribution in [0.2, 0.25) is 0 Å². The van der Waals surface area contributed by atoms with Gasteiger partial charge in [0.25, 0.3) is 0 Å². The summed E-state index contributed by atoms with van der Waals surface area (Å²) >= 11 is 1.82. The first kappa shape index (κ1) is 16.0. The molecule has 2 nitrogen and oxygen atoms in total. The first-order chi connectivity index (χ1) is 9.60. The van der Waals surface area contributed by atoms with E-state index in [4.69, 9.17) is 0 Å². The van der Waals surface area contributed by atoms with Crippen molar-refractivity contribution in [3.05, 3.63) is 22.4 Å². The average Bonchev–Trinajstić information content (AvgIpc) is 2.95. The lowest BCUT2D eigenvalue weighted by Crippen LogP contribution is -2.55. The molecular formula is C17H30N2S. The minimum atomic E-state index is 0.281. The van der Waals surface area contributed by atoms with E-state index in [0.717, 1.165) is 12.5 Å². The standard InChI is InChI=1S/C17H30N2S/c1-5-11-18-16(15-8-12-20-13-15)17(19(3)4)9-6-14(2)7-10-17/h8,12-14,16,18H,5-7,9-11H2,1-4H3. The Balaban J connectivity index is 2.27. The fourth-order valence-electron chi connectivity index (χ4n) is 3.60. The molecule has 1 aromatic rings. The summed E-state index contributed by atoms with van der Waals surface area (Å²) in [7, 11) is 4.53. The third-order valence-corrected chi connectivity index (χ3v) is 5.74. The van der Waals surface area contributed by atoms with Crippen molar-refractivity contribution in [2.45, 2.75) is 57.5 Å². The van der Waals surface area contributed by atoms with E-state index >= 15 is 0 Å². The highest BCUT2D eigenvalue weighted by Gasteiger charge is 2.43. The van der Waals surface area contributed by atoms with Gasteiger partial charge < -0.3 is 10.2 Å². The SMILES string of the molecule is CCCNC(c1ccsc1)C1(N(C)C)CCC(C)CC1. The first-order valence-corrected chi connectivity index (χ1v) is 8.97. The number of hydrogen-bond acceptors (Lipinski definition) is 3. The van der Waals surface area contributed by atoms with Crippen LogP contribution in [0.15, 0.2) is 16.8 Å². The van der Waals surface area contributed by atoms with Crippen LogP contribution in [0.3, 0.4) is 0 Å². The lowest BCUT2D eigenvalue weighted by atomic mass is 9.70. The van der Waals surface area contributed by atoms with E-state index in [-0.39, 0.29) is 5.54 Å². The molecule has 0 radical (unpaired) electrons. The fourth-order valence-corrected chi connectivity index (χ4v) is 4.29. The van der Waals surface area contributed by atoms with Crippen LogP contribution in [0, 0.1) is 5.92 Å². The van der Waals surface area contributed by atoms with Crippen molar-refractivity contribution in [3.8, 4) is 0 Å². The predicted octanol–water partition coefficient (Wildman–Crippen LogP) is 4.30. The number of nitrogens with one attached hydrogen (secondary N) is 1. The second-order valence-corrected chi connectivity index (χ2v) is 7.40.